The Kier molecular flexibility index (Phi) is 3.33. The van der Waals surface area contributed by atoms with E-state index in [0.29, 0.717) is 17.4 Å². The van der Waals surface area contributed by atoms with Crippen LogP contribution in [0.25, 0.3) is 28.3 Å². The molecule has 0 bridgehead atoms. The summed E-state index contributed by atoms with van der Waals surface area (Å²) in [7, 11) is 0. The second-order valence-electron chi connectivity index (χ2n) is 6.58. The van der Waals surface area contributed by atoms with Crippen molar-refractivity contribution in [1.82, 2.24) is 24.1 Å². The Morgan fingerprint density at radius 3 is 2.59 bits per heavy atom. The third-order valence-corrected chi connectivity index (χ3v) is 4.71. The van der Waals surface area contributed by atoms with Crippen LogP contribution < -0.4 is 5.73 Å². The smallest absolute Gasteiger partial charge is 0.269 e. The molecule has 8 heteroatoms. The number of carbonyl (C=O) groups excluding carboxylic acids is 1. The summed E-state index contributed by atoms with van der Waals surface area (Å²) in [5.74, 6) is -0.896. The Hall–Kier alpha value is -3.55. The number of halogens is 1. The van der Waals surface area contributed by atoms with Gasteiger partial charge in [0.05, 0.1) is 23.9 Å². The second kappa shape index (κ2) is 5.73. The van der Waals surface area contributed by atoms with Crippen LogP contribution in [0.1, 0.15) is 29.4 Å². The van der Waals surface area contributed by atoms with Crippen LogP contribution >= 0.6 is 0 Å². The number of nitrogens with zero attached hydrogens (tertiary/aromatic N) is 5. The van der Waals surface area contributed by atoms with E-state index in [0.717, 1.165) is 29.8 Å². The number of hydrogen-bond donors (Lipinski definition) is 1. The Bertz CT molecular complexity index is 1170. The van der Waals surface area contributed by atoms with Crippen LogP contribution in [0.5, 0.6) is 0 Å². The fourth-order valence-corrected chi connectivity index (χ4v) is 3.23. The molecule has 0 spiro atoms. The number of rotatable bonds is 4. The molecule has 2 N–H and O–H groups in total. The molecule has 3 heterocycles. The Morgan fingerprint density at radius 2 is 1.89 bits per heavy atom. The standard InChI is InChI=1S/C19H15FN6O/c20-12-3-1-11(2-4-12)17-18(25(10-23-17)13-5-6-13)14-7-8-16-22-9-15(19(21)27)26(16)24-14/h1-4,7-10,13H,5-6H2,(H2,21,27). The van der Waals surface area contributed by atoms with E-state index in [9.17, 15) is 9.18 Å². The Labute approximate surface area is 153 Å². The third-order valence-electron chi connectivity index (χ3n) is 4.71. The maximum Gasteiger partial charge on any atom is 0.269 e. The summed E-state index contributed by atoms with van der Waals surface area (Å²) in [5.41, 5.74) is 9.16. The van der Waals surface area contributed by atoms with E-state index in [1.54, 1.807) is 24.5 Å². The predicted molar refractivity (Wildman–Crippen MR) is 96.4 cm³/mol. The van der Waals surface area contributed by atoms with Gasteiger partial charge in [0.2, 0.25) is 0 Å². The van der Waals surface area contributed by atoms with Crippen molar-refractivity contribution in [3.8, 4) is 22.6 Å². The SMILES string of the molecule is NC(=O)c1cnc2ccc(-c3c(-c4ccc(F)cc4)ncn3C3CC3)nn12. The van der Waals surface area contributed by atoms with Gasteiger partial charge in [-0.3, -0.25) is 4.79 Å². The lowest BCUT2D eigenvalue weighted by molar-refractivity contribution is 0.0993. The summed E-state index contributed by atoms with van der Waals surface area (Å²) in [6.45, 7) is 0. The van der Waals surface area contributed by atoms with Gasteiger partial charge in [-0.05, 0) is 49.2 Å². The van der Waals surface area contributed by atoms with Gasteiger partial charge in [0.1, 0.15) is 17.2 Å². The van der Waals surface area contributed by atoms with Crippen LogP contribution in [0.15, 0.2) is 48.9 Å². The van der Waals surface area contributed by atoms with Crippen molar-refractivity contribution in [2.75, 3.05) is 0 Å². The highest BCUT2D eigenvalue weighted by molar-refractivity contribution is 5.91. The fraction of sp³-hybridized carbons (Fsp3) is 0.158. The van der Waals surface area contributed by atoms with E-state index >= 15 is 0 Å². The highest BCUT2D eigenvalue weighted by Gasteiger charge is 2.29. The maximum atomic E-state index is 13.3. The van der Waals surface area contributed by atoms with Crippen molar-refractivity contribution in [3.63, 3.8) is 0 Å². The van der Waals surface area contributed by atoms with Gasteiger partial charge >= 0.3 is 0 Å². The van der Waals surface area contributed by atoms with Crippen molar-refractivity contribution in [2.45, 2.75) is 18.9 Å². The molecule has 7 nitrogen and oxygen atoms in total. The molecule has 0 unspecified atom stereocenters. The quantitative estimate of drug-likeness (QED) is 0.604. The van der Waals surface area contributed by atoms with Gasteiger partial charge in [-0.15, -0.1) is 0 Å². The minimum atomic E-state index is -0.596. The molecule has 0 atom stereocenters. The molecule has 5 rings (SSSR count). The molecule has 1 amide bonds. The fourth-order valence-electron chi connectivity index (χ4n) is 3.23. The molecular formula is C19H15FN6O. The number of carbonyl (C=O) groups is 1. The molecule has 0 aliphatic heterocycles. The number of nitrogens with two attached hydrogens (primary N) is 1. The zero-order valence-electron chi connectivity index (χ0n) is 14.2. The predicted octanol–water partition coefficient (Wildman–Crippen LogP) is 2.83. The van der Waals surface area contributed by atoms with Gasteiger partial charge in [0, 0.05) is 11.6 Å². The van der Waals surface area contributed by atoms with Gasteiger partial charge in [-0.2, -0.15) is 5.10 Å². The molecular weight excluding hydrogens is 347 g/mol. The van der Waals surface area contributed by atoms with E-state index in [1.807, 2.05) is 6.07 Å². The highest BCUT2D eigenvalue weighted by atomic mass is 19.1. The van der Waals surface area contributed by atoms with Crippen LogP contribution in [-0.4, -0.2) is 30.1 Å². The summed E-state index contributed by atoms with van der Waals surface area (Å²) < 4.78 is 16.9. The first-order valence-corrected chi connectivity index (χ1v) is 8.59. The molecule has 0 radical (unpaired) electrons. The monoisotopic (exact) mass is 362 g/mol. The lowest BCUT2D eigenvalue weighted by Gasteiger charge is -2.10. The molecule has 27 heavy (non-hydrogen) atoms. The van der Waals surface area contributed by atoms with Crippen LogP contribution in [0.2, 0.25) is 0 Å². The minimum absolute atomic E-state index is 0.215. The summed E-state index contributed by atoms with van der Waals surface area (Å²) >= 11 is 0. The summed E-state index contributed by atoms with van der Waals surface area (Å²) in [6.07, 6.45) is 5.35. The number of benzene rings is 1. The van der Waals surface area contributed by atoms with Gasteiger partial charge in [0.15, 0.2) is 5.65 Å². The number of hydrogen-bond acceptors (Lipinski definition) is 4. The first-order valence-electron chi connectivity index (χ1n) is 8.59. The first kappa shape index (κ1) is 15.7. The van der Waals surface area contributed by atoms with E-state index in [4.69, 9.17) is 5.73 Å². The van der Waals surface area contributed by atoms with Crippen LogP contribution in [0.4, 0.5) is 4.39 Å². The zero-order valence-corrected chi connectivity index (χ0v) is 14.2. The topological polar surface area (TPSA) is 91.1 Å². The average molecular weight is 362 g/mol. The molecule has 4 aromatic rings. The molecule has 1 fully saturated rings. The van der Waals surface area contributed by atoms with Crippen molar-refractivity contribution < 1.29 is 9.18 Å². The number of amides is 1. The lowest BCUT2D eigenvalue weighted by atomic mass is 10.1. The Morgan fingerprint density at radius 1 is 1.11 bits per heavy atom. The lowest BCUT2D eigenvalue weighted by Crippen LogP contribution is -2.15. The molecule has 3 aromatic heterocycles. The third kappa shape index (κ3) is 2.57. The van der Waals surface area contributed by atoms with Crippen LogP contribution in [0, 0.1) is 5.82 Å². The molecule has 1 saturated carbocycles. The number of aromatic nitrogens is 5. The normalized spacial score (nSPS) is 14.0. The van der Waals surface area contributed by atoms with Crippen LogP contribution in [0.3, 0.4) is 0 Å². The molecule has 134 valence electrons. The molecule has 0 saturated heterocycles. The van der Waals surface area contributed by atoms with Crippen molar-refractivity contribution in [2.24, 2.45) is 5.73 Å². The zero-order chi connectivity index (χ0) is 18.5. The average Bonchev–Trinajstić information content (AvgIpc) is 3.27. The molecule has 1 aromatic carbocycles. The minimum Gasteiger partial charge on any atom is -0.364 e. The van der Waals surface area contributed by atoms with Gasteiger partial charge in [0.25, 0.3) is 5.91 Å². The highest BCUT2D eigenvalue weighted by Crippen LogP contribution is 2.41. The Balaban J connectivity index is 1.73. The summed E-state index contributed by atoms with van der Waals surface area (Å²) in [5, 5.41) is 4.59. The van der Waals surface area contributed by atoms with Crippen molar-refractivity contribution in [1.29, 1.82) is 0 Å². The molecule has 1 aliphatic carbocycles. The van der Waals surface area contributed by atoms with E-state index in [-0.39, 0.29) is 11.5 Å². The first-order chi connectivity index (χ1) is 13.1. The maximum absolute atomic E-state index is 13.3. The van der Waals surface area contributed by atoms with Gasteiger partial charge < -0.3 is 10.3 Å². The number of imidazole rings is 2. The van der Waals surface area contributed by atoms with Crippen molar-refractivity contribution >= 4 is 11.6 Å². The van der Waals surface area contributed by atoms with Gasteiger partial charge in [-0.1, -0.05) is 0 Å². The van der Waals surface area contributed by atoms with Gasteiger partial charge in [-0.25, -0.2) is 18.9 Å². The summed E-state index contributed by atoms with van der Waals surface area (Å²) in [4.78, 5) is 20.4. The van der Waals surface area contributed by atoms with E-state index in [1.165, 1.54) is 22.8 Å². The number of primary amides is 1. The molecule has 1 aliphatic rings. The largest absolute Gasteiger partial charge is 0.364 e. The van der Waals surface area contributed by atoms with E-state index < -0.39 is 5.91 Å². The number of fused-ring (bicyclic) bond motifs is 1. The second-order valence-corrected chi connectivity index (χ2v) is 6.58. The van der Waals surface area contributed by atoms with Crippen molar-refractivity contribution in [3.05, 3.63) is 60.4 Å². The van der Waals surface area contributed by atoms with Crippen LogP contribution in [-0.2, 0) is 0 Å². The van der Waals surface area contributed by atoms with E-state index in [2.05, 4.69) is 19.6 Å². The summed E-state index contributed by atoms with van der Waals surface area (Å²) in [6, 6.07) is 10.2.